The van der Waals surface area contributed by atoms with Crippen molar-refractivity contribution in [2.45, 2.75) is 164 Å². The van der Waals surface area contributed by atoms with Gasteiger partial charge in [0.2, 0.25) is 23.6 Å². The molecule has 20 heteroatoms. The van der Waals surface area contributed by atoms with Crippen LogP contribution in [0.5, 0.6) is 0 Å². The number of aryl methyl sites for hydroxylation is 8. The smallest absolute Gasteiger partial charge is 0.228 e. The largest absolute Gasteiger partial charge is 0.392 e. The average Bonchev–Trinajstić information content (AvgIpc) is 0.784. The minimum absolute atomic E-state index is 0.0253. The number of aliphatic hydroxyl groups excluding tert-OH is 4. The van der Waals surface area contributed by atoms with Crippen LogP contribution in [0.3, 0.4) is 0 Å². The highest BCUT2D eigenvalue weighted by Gasteiger charge is 2.29. The third kappa shape index (κ3) is 22.5. The molecule has 1 saturated carbocycles. The second-order valence-corrected chi connectivity index (χ2v) is 32.5. The van der Waals surface area contributed by atoms with Gasteiger partial charge in [0.05, 0.1) is 72.0 Å². The number of carbonyl (C=O) groups is 4. The maximum absolute atomic E-state index is 12.9. The highest BCUT2D eigenvalue weighted by Crippen LogP contribution is 2.40. The molecule has 0 saturated heterocycles. The Morgan fingerprint density at radius 3 is 0.952 bits per heavy atom. The molecule has 4 aromatic heterocycles. The first-order valence-corrected chi connectivity index (χ1v) is 43.1. The Hall–Kier alpha value is -13.2. The number of rotatable bonds is 22. The Morgan fingerprint density at radius 1 is 0.363 bits per heavy atom. The lowest BCUT2D eigenvalue weighted by molar-refractivity contribution is -0.119. The number of aliphatic hydroxyl groups is 4. The van der Waals surface area contributed by atoms with Crippen LogP contribution in [0.15, 0.2) is 194 Å². The number of carbonyl (C=O) groups excluding carboxylic acids is 4. The maximum atomic E-state index is 12.9. The average molecular weight is 1650 g/mol. The lowest BCUT2D eigenvalue weighted by atomic mass is 9.87. The first-order chi connectivity index (χ1) is 60.4. The van der Waals surface area contributed by atoms with Crippen molar-refractivity contribution in [2.75, 3.05) is 21.3 Å². The predicted octanol–water partition coefficient (Wildman–Crippen LogP) is 19.5. The van der Waals surface area contributed by atoms with Gasteiger partial charge >= 0.3 is 0 Å². The summed E-state index contributed by atoms with van der Waals surface area (Å²) >= 11 is 0. The van der Waals surface area contributed by atoms with Crippen LogP contribution >= 0.6 is 0 Å². The monoisotopic (exact) mass is 1650 g/mol. The third-order valence-corrected chi connectivity index (χ3v) is 22.8. The topological polar surface area (TPSA) is 300 Å². The summed E-state index contributed by atoms with van der Waals surface area (Å²) in [4.78, 5) is 88.6. The minimum atomic E-state index is -0.174. The van der Waals surface area contributed by atoms with Crippen molar-refractivity contribution in [3.05, 3.63) is 306 Å². The van der Waals surface area contributed by atoms with Gasteiger partial charge in [0, 0.05) is 47.9 Å². The second kappa shape index (κ2) is 42.0. The van der Waals surface area contributed by atoms with Crippen LogP contribution in [-0.4, -0.2) is 83.9 Å². The van der Waals surface area contributed by atoms with E-state index in [0.717, 1.165) is 183 Å². The van der Waals surface area contributed by atoms with E-state index in [0.29, 0.717) is 64.8 Å². The highest BCUT2D eigenvalue weighted by molar-refractivity contribution is 5.96. The van der Waals surface area contributed by atoms with Crippen LogP contribution in [-0.2, 0) is 97.0 Å². The molecular weight excluding hydrogens is 1550 g/mol. The fourth-order valence-corrected chi connectivity index (χ4v) is 16.0. The van der Waals surface area contributed by atoms with E-state index in [4.69, 9.17) is 39.9 Å². The van der Waals surface area contributed by atoms with Crippen molar-refractivity contribution in [2.24, 2.45) is 17.8 Å². The summed E-state index contributed by atoms with van der Waals surface area (Å²) in [5, 5.41) is 49.7. The van der Waals surface area contributed by atoms with Gasteiger partial charge in [0.25, 0.3) is 0 Å². The van der Waals surface area contributed by atoms with Gasteiger partial charge in [0.1, 0.15) is 22.8 Å². The Bertz CT molecular complexity index is 5950. The molecular formula is C104H106N12O8. The van der Waals surface area contributed by atoms with E-state index in [1.54, 1.807) is 0 Å². The minimum Gasteiger partial charge on any atom is -0.392 e. The van der Waals surface area contributed by atoms with E-state index in [9.17, 15) is 39.6 Å². The molecule has 0 bridgehead atoms. The van der Waals surface area contributed by atoms with Gasteiger partial charge in [-0.25, -0.2) is 39.9 Å². The molecule has 8 N–H and O–H groups in total. The molecule has 1 atom stereocenters. The first-order valence-electron chi connectivity index (χ1n) is 43.1. The third-order valence-electron chi connectivity index (χ3n) is 22.8. The molecule has 124 heavy (non-hydrogen) atoms. The van der Waals surface area contributed by atoms with Crippen molar-refractivity contribution >= 4 is 95.5 Å². The van der Waals surface area contributed by atoms with E-state index in [2.05, 4.69) is 27.3 Å². The number of hydrogen-bond donors (Lipinski definition) is 8. The number of amides is 4. The standard InChI is InChI=1S/C29H31N3O2.2C26H27N3O2.C23H21N3O2/c33-19-22-11-14-24-23(17-22)13-16-25-28(24)30-26(15-12-20-7-3-1-4-8-20)29(31-25)32-27(34)18-21-9-5-2-6-10-21;1-17(2)14-24(31)29-26-23(12-9-18-6-4-3-5-7-18)27-25-21-11-8-19(16-30)15-20(21)10-13-22(25)28-26;1-3-17(2)26(31)29-25-23(13-10-18-7-5-4-6-8-18)27-24-21-12-9-19(16-30)15-20(21)11-14-22(24)28-25;1-15(28)24-23-21(11-8-16-5-3-2-4-6-16)25-22-19-10-7-17(14-27)13-18(19)9-12-20(22)26-23/h1,3-4,7-8,11-12,14-15,17,21,33H,2,5-6,9-10,13,16,18-19H2,(H,31,32,34);3-9,11-12,15,17,30H,10,13-14,16H2,1-2H3,(H,28,29,31);4-10,12-13,15,17,30H,3,11,14,16H2,1-2H3,(H,28,29,31);2-8,10-11,13,27H,9,12,14H2,1H3,(H,24,26,28)/b15-12+;12-9+;13-10+;11-8+. The zero-order chi connectivity index (χ0) is 86.4. The first kappa shape index (κ1) is 87.1. The Labute approximate surface area is 725 Å². The lowest BCUT2D eigenvalue weighted by Gasteiger charge is -2.22. The molecule has 4 heterocycles. The lowest BCUT2D eigenvalue weighted by Crippen LogP contribution is -2.22. The van der Waals surface area contributed by atoms with E-state index in [1.165, 1.54) is 48.4 Å². The fraction of sp³-hybridized carbons (Fsp3) is 0.269. The van der Waals surface area contributed by atoms with Crippen molar-refractivity contribution < 1.29 is 39.6 Å². The van der Waals surface area contributed by atoms with Crippen LogP contribution in [0, 0.1) is 17.8 Å². The number of nitrogens with one attached hydrogen (secondary N) is 4. The molecule has 0 spiro atoms. The number of aromatic nitrogens is 8. The molecule has 12 aromatic rings. The van der Waals surface area contributed by atoms with Crippen molar-refractivity contribution in [1.82, 2.24) is 39.9 Å². The number of nitrogens with zero attached hydrogens (tertiary/aromatic N) is 8. The zero-order valence-electron chi connectivity index (χ0n) is 71.0. The van der Waals surface area contributed by atoms with E-state index in [-0.39, 0.29) is 61.9 Å². The second-order valence-electron chi connectivity index (χ2n) is 32.5. The molecule has 17 rings (SSSR count). The van der Waals surface area contributed by atoms with Crippen molar-refractivity contribution in [3.8, 4) is 45.0 Å². The van der Waals surface area contributed by atoms with Gasteiger partial charge in [-0.05, 0) is 174 Å². The van der Waals surface area contributed by atoms with E-state index >= 15 is 0 Å². The molecule has 1 unspecified atom stereocenters. The van der Waals surface area contributed by atoms with Crippen LogP contribution in [0.2, 0.25) is 0 Å². The van der Waals surface area contributed by atoms with Crippen LogP contribution in [0.4, 0.5) is 23.3 Å². The molecule has 630 valence electrons. The quantitative estimate of drug-likeness (QED) is 0.0313. The summed E-state index contributed by atoms with van der Waals surface area (Å²) in [6.45, 7) is 9.53. The van der Waals surface area contributed by atoms with Gasteiger partial charge in [0.15, 0.2) is 23.3 Å². The van der Waals surface area contributed by atoms with E-state index < -0.39 is 0 Å². The van der Waals surface area contributed by atoms with Gasteiger partial charge in [-0.15, -0.1) is 0 Å². The summed E-state index contributed by atoms with van der Waals surface area (Å²) in [5.74, 6) is 2.43. The molecule has 5 aliphatic carbocycles. The molecule has 20 nitrogen and oxygen atoms in total. The molecule has 1 fully saturated rings. The summed E-state index contributed by atoms with van der Waals surface area (Å²) < 4.78 is 0. The van der Waals surface area contributed by atoms with Crippen LogP contribution < -0.4 is 21.3 Å². The predicted molar refractivity (Wildman–Crippen MR) is 495 cm³/mol. The van der Waals surface area contributed by atoms with Crippen molar-refractivity contribution in [1.29, 1.82) is 0 Å². The molecule has 0 aliphatic heterocycles. The molecule has 0 radical (unpaired) electrons. The highest BCUT2D eigenvalue weighted by atomic mass is 16.3. The van der Waals surface area contributed by atoms with Gasteiger partial charge in [-0.3, -0.25) is 19.2 Å². The summed E-state index contributed by atoms with van der Waals surface area (Å²) in [5.41, 5.74) is 26.2. The van der Waals surface area contributed by atoms with Gasteiger partial charge < -0.3 is 41.7 Å². The molecule has 5 aliphatic rings. The fourth-order valence-electron chi connectivity index (χ4n) is 16.0. The maximum Gasteiger partial charge on any atom is 0.228 e. The number of anilines is 4. The number of fused-ring (bicyclic) bond motifs is 12. The molecule has 4 amide bonds. The normalized spacial score (nSPS) is 13.7. The number of benzene rings is 8. The zero-order valence-corrected chi connectivity index (χ0v) is 71.0. The van der Waals surface area contributed by atoms with E-state index in [1.807, 2.05) is 264 Å². The summed E-state index contributed by atoms with van der Waals surface area (Å²) in [7, 11) is 0. The van der Waals surface area contributed by atoms with Gasteiger partial charge in [-0.2, -0.15) is 0 Å². The summed E-state index contributed by atoms with van der Waals surface area (Å²) in [6.07, 6.45) is 29.7. The Morgan fingerprint density at radius 2 is 0.661 bits per heavy atom. The molecule has 8 aromatic carbocycles. The Balaban J connectivity index is 0.000000135. The Kier molecular flexibility index (Phi) is 29.5. The van der Waals surface area contributed by atoms with Crippen molar-refractivity contribution in [3.63, 3.8) is 0 Å². The SMILES string of the molecule is CC(=O)Nc1nc2c(nc1/C=C/c1ccccc1)-c1ccc(CO)cc1CC2.CC(C)CC(=O)Nc1nc2c(nc1/C=C/c1ccccc1)-c1ccc(CO)cc1CC2.CCC(C)C(=O)Nc1nc2c(nc1/C=C/c1ccccc1)-c1ccc(CO)cc1CC2.O=C(CC1CCCCC1)Nc1nc2c(nc1/C=C/c1ccccc1)-c1ccc(CO)cc1CC2. The van der Waals surface area contributed by atoms with Gasteiger partial charge in [-0.1, -0.05) is 265 Å². The number of hydrogen-bond acceptors (Lipinski definition) is 16. The van der Waals surface area contributed by atoms with Crippen LogP contribution in [0.25, 0.3) is 93.6 Å². The summed E-state index contributed by atoms with van der Waals surface area (Å²) in [6, 6.07) is 63.9. The van der Waals surface area contributed by atoms with Crippen LogP contribution in [0.1, 0.15) is 198 Å².